The van der Waals surface area contributed by atoms with Gasteiger partial charge in [0.2, 0.25) is 17.7 Å². The van der Waals surface area contributed by atoms with Crippen LogP contribution in [0.3, 0.4) is 0 Å². The van der Waals surface area contributed by atoms with Gasteiger partial charge in [-0.1, -0.05) is 24.3 Å². The highest BCUT2D eigenvalue weighted by molar-refractivity contribution is 5.81. The Hall–Kier alpha value is -2.21. The van der Waals surface area contributed by atoms with Gasteiger partial charge in [0.1, 0.15) is 0 Å². The molecule has 23 heavy (non-hydrogen) atoms. The van der Waals surface area contributed by atoms with E-state index in [4.69, 9.17) is 4.42 Å². The first-order chi connectivity index (χ1) is 11.1. The second kappa shape index (κ2) is 6.91. The molecule has 6 nitrogen and oxygen atoms in total. The number of carbonyl (C=O) groups is 1. The van der Waals surface area contributed by atoms with Gasteiger partial charge in [-0.05, 0) is 31.4 Å². The number of nitrogens with one attached hydrogen (secondary N) is 1. The molecule has 2 heterocycles. The Bertz CT molecular complexity index is 683. The van der Waals surface area contributed by atoms with E-state index in [1.165, 1.54) is 11.1 Å². The van der Waals surface area contributed by atoms with E-state index >= 15 is 0 Å². The third kappa shape index (κ3) is 3.76. The van der Waals surface area contributed by atoms with E-state index < -0.39 is 0 Å². The van der Waals surface area contributed by atoms with Crippen LogP contribution in [0.15, 0.2) is 28.7 Å². The average molecular weight is 314 g/mol. The van der Waals surface area contributed by atoms with E-state index in [0.717, 1.165) is 19.5 Å². The molecule has 6 heteroatoms. The zero-order valence-corrected chi connectivity index (χ0v) is 13.6. The molecule has 1 saturated heterocycles. The molecule has 0 saturated carbocycles. The van der Waals surface area contributed by atoms with Crippen LogP contribution < -0.4 is 5.32 Å². The summed E-state index contributed by atoms with van der Waals surface area (Å²) in [6, 6.07) is 8.00. The summed E-state index contributed by atoms with van der Waals surface area (Å²) in [5.41, 5.74) is 2.40. The maximum absolute atomic E-state index is 11.9. The van der Waals surface area contributed by atoms with Crippen LogP contribution >= 0.6 is 0 Å². The van der Waals surface area contributed by atoms with E-state index in [9.17, 15) is 4.79 Å². The summed E-state index contributed by atoms with van der Waals surface area (Å²) in [6.07, 6.45) is 1.57. The number of rotatable bonds is 4. The third-order valence-corrected chi connectivity index (χ3v) is 4.30. The molecule has 1 aromatic carbocycles. The zero-order chi connectivity index (χ0) is 16.2. The molecule has 1 aliphatic heterocycles. The van der Waals surface area contributed by atoms with Crippen LogP contribution in [-0.2, 0) is 17.8 Å². The van der Waals surface area contributed by atoms with Gasteiger partial charge in [0.05, 0.1) is 19.0 Å². The molecule has 1 atom stereocenters. The topological polar surface area (TPSA) is 71.3 Å². The highest BCUT2D eigenvalue weighted by atomic mass is 16.4. The lowest BCUT2D eigenvalue weighted by atomic mass is 10.1. The SMILES string of the molecule is Cc1ccccc1Cc1nnc(CN2CCCNC(=O)C2C)o1. The van der Waals surface area contributed by atoms with Crippen LogP contribution in [0.4, 0.5) is 0 Å². The van der Waals surface area contributed by atoms with Crippen molar-refractivity contribution in [3.63, 3.8) is 0 Å². The number of aryl methyl sites for hydroxylation is 1. The molecule has 0 spiro atoms. The highest BCUT2D eigenvalue weighted by Crippen LogP contribution is 2.15. The average Bonchev–Trinajstić information content (AvgIpc) is 2.92. The summed E-state index contributed by atoms with van der Waals surface area (Å²) in [4.78, 5) is 14.0. The normalized spacial score (nSPS) is 19.4. The number of nitrogens with zero attached hydrogens (tertiary/aromatic N) is 3. The van der Waals surface area contributed by atoms with Crippen molar-refractivity contribution in [3.8, 4) is 0 Å². The van der Waals surface area contributed by atoms with Crippen molar-refractivity contribution in [2.24, 2.45) is 0 Å². The van der Waals surface area contributed by atoms with Crippen LogP contribution in [0.25, 0.3) is 0 Å². The number of aromatic nitrogens is 2. The minimum Gasteiger partial charge on any atom is -0.424 e. The molecule has 1 N–H and O–H groups in total. The monoisotopic (exact) mass is 314 g/mol. The molecule has 0 radical (unpaired) electrons. The summed E-state index contributed by atoms with van der Waals surface area (Å²) >= 11 is 0. The van der Waals surface area contributed by atoms with Crippen LogP contribution in [-0.4, -0.2) is 40.1 Å². The minimum absolute atomic E-state index is 0.0575. The molecule has 122 valence electrons. The van der Waals surface area contributed by atoms with Gasteiger partial charge in [0.15, 0.2) is 0 Å². The fraction of sp³-hybridized carbons (Fsp3) is 0.471. The Balaban J connectivity index is 1.67. The largest absolute Gasteiger partial charge is 0.424 e. The molecule has 1 amide bonds. The van der Waals surface area contributed by atoms with Crippen molar-refractivity contribution in [3.05, 3.63) is 47.2 Å². The number of carbonyl (C=O) groups excluding carboxylic acids is 1. The first kappa shape index (κ1) is 15.7. The summed E-state index contributed by atoms with van der Waals surface area (Å²) < 4.78 is 5.77. The van der Waals surface area contributed by atoms with Crippen LogP contribution in [0.1, 0.15) is 36.3 Å². The lowest BCUT2D eigenvalue weighted by Gasteiger charge is -2.23. The zero-order valence-electron chi connectivity index (χ0n) is 13.6. The standard InChI is InChI=1S/C17H22N4O2/c1-12-6-3-4-7-14(12)10-15-19-20-16(23-15)11-21-9-5-8-18-17(22)13(21)2/h3-4,6-7,13H,5,8-11H2,1-2H3,(H,18,22). The third-order valence-electron chi connectivity index (χ3n) is 4.30. The fourth-order valence-corrected chi connectivity index (χ4v) is 2.79. The first-order valence-corrected chi connectivity index (χ1v) is 8.01. The minimum atomic E-state index is -0.177. The van der Waals surface area contributed by atoms with Crippen molar-refractivity contribution in [2.45, 2.75) is 39.3 Å². The molecular weight excluding hydrogens is 292 g/mol. The second-order valence-corrected chi connectivity index (χ2v) is 5.98. The number of benzene rings is 1. The van der Waals surface area contributed by atoms with Crippen LogP contribution in [0.5, 0.6) is 0 Å². The van der Waals surface area contributed by atoms with Gasteiger partial charge in [-0.3, -0.25) is 9.69 Å². The first-order valence-electron chi connectivity index (χ1n) is 8.01. The molecule has 0 bridgehead atoms. The molecule has 0 aliphatic carbocycles. The molecular formula is C17H22N4O2. The highest BCUT2D eigenvalue weighted by Gasteiger charge is 2.25. The van der Waals surface area contributed by atoms with Crippen molar-refractivity contribution in [1.82, 2.24) is 20.4 Å². The molecule has 3 rings (SSSR count). The quantitative estimate of drug-likeness (QED) is 0.929. The van der Waals surface area contributed by atoms with E-state index in [2.05, 4.69) is 39.5 Å². The Morgan fingerprint density at radius 1 is 1.30 bits per heavy atom. The molecule has 1 aliphatic rings. The molecule has 1 fully saturated rings. The fourth-order valence-electron chi connectivity index (χ4n) is 2.79. The van der Waals surface area contributed by atoms with E-state index in [1.807, 2.05) is 19.1 Å². The summed E-state index contributed by atoms with van der Waals surface area (Å²) in [5, 5.41) is 11.2. The van der Waals surface area contributed by atoms with E-state index in [1.54, 1.807) is 0 Å². The van der Waals surface area contributed by atoms with Crippen molar-refractivity contribution >= 4 is 5.91 Å². The van der Waals surface area contributed by atoms with Crippen LogP contribution in [0, 0.1) is 6.92 Å². The molecule has 2 aromatic rings. The number of hydrogen-bond acceptors (Lipinski definition) is 5. The summed E-state index contributed by atoms with van der Waals surface area (Å²) in [6.45, 7) is 6.06. The summed E-state index contributed by atoms with van der Waals surface area (Å²) in [5.74, 6) is 1.23. The Morgan fingerprint density at radius 2 is 2.09 bits per heavy atom. The maximum Gasteiger partial charge on any atom is 0.237 e. The van der Waals surface area contributed by atoms with Gasteiger partial charge in [0, 0.05) is 13.1 Å². The van der Waals surface area contributed by atoms with Gasteiger partial charge in [-0.25, -0.2) is 0 Å². The molecule has 1 unspecified atom stereocenters. The predicted molar refractivity (Wildman–Crippen MR) is 85.8 cm³/mol. The Morgan fingerprint density at radius 3 is 2.91 bits per heavy atom. The van der Waals surface area contributed by atoms with E-state index in [0.29, 0.717) is 24.7 Å². The molecule has 1 aromatic heterocycles. The Kier molecular flexibility index (Phi) is 4.71. The van der Waals surface area contributed by atoms with Gasteiger partial charge in [-0.2, -0.15) is 0 Å². The van der Waals surface area contributed by atoms with Crippen molar-refractivity contribution < 1.29 is 9.21 Å². The van der Waals surface area contributed by atoms with Crippen molar-refractivity contribution in [1.29, 1.82) is 0 Å². The Labute approximate surface area is 135 Å². The van der Waals surface area contributed by atoms with Gasteiger partial charge in [0.25, 0.3) is 0 Å². The lowest BCUT2D eigenvalue weighted by Crippen LogP contribution is -2.41. The smallest absolute Gasteiger partial charge is 0.237 e. The van der Waals surface area contributed by atoms with Crippen molar-refractivity contribution in [2.75, 3.05) is 13.1 Å². The van der Waals surface area contributed by atoms with Gasteiger partial charge in [-0.15, -0.1) is 10.2 Å². The number of amides is 1. The van der Waals surface area contributed by atoms with Gasteiger partial charge >= 0.3 is 0 Å². The number of hydrogen-bond donors (Lipinski definition) is 1. The second-order valence-electron chi connectivity index (χ2n) is 5.98. The van der Waals surface area contributed by atoms with E-state index in [-0.39, 0.29) is 11.9 Å². The summed E-state index contributed by atoms with van der Waals surface area (Å²) in [7, 11) is 0. The lowest BCUT2D eigenvalue weighted by molar-refractivity contribution is -0.125. The van der Waals surface area contributed by atoms with Crippen LogP contribution in [0.2, 0.25) is 0 Å². The maximum atomic E-state index is 11.9. The van der Waals surface area contributed by atoms with Gasteiger partial charge < -0.3 is 9.73 Å². The predicted octanol–water partition coefficient (Wildman–Crippen LogP) is 1.68.